The highest BCUT2D eigenvalue weighted by atomic mass is 19.1. The van der Waals surface area contributed by atoms with E-state index in [0.717, 1.165) is 0 Å². The highest BCUT2D eigenvalue weighted by Gasteiger charge is 2.31. The SMILES string of the molecule is CC(=O)C(NC(=O)c1nn(CCCCC#N)c2c(F)cccc12)C(C)(C)C. The van der Waals surface area contributed by atoms with Crippen molar-refractivity contribution in [2.45, 2.75) is 59.5 Å². The Morgan fingerprint density at radius 1 is 1.33 bits per heavy atom. The molecule has 1 atom stereocenters. The first-order valence-electron chi connectivity index (χ1n) is 9.00. The molecule has 144 valence electrons. The number of aryl methyl sites for hydroxylation is 1. The molecular weight excluding hydrogens is 347 g/mol. The van der Waals surface area contributed by atoms with Gasteiger partial charge in [-0.2, -0.15) is 10.4 Å². The number of amides is 1. The molecule has 2 rings (SSSR count). The number of para-hydroxylation sites is 1. The van der Waals surface area contributed by atoms with Crippen LogP contribution < -0.4 is 5.32 Å². The summed E-state index contributed by atoms with van der Waals surface area (Å²) in [5, 5.41) is 16.1. The molecule has 0 aliphatic rings. The van der Waals surface area contributed by atoms with Crippen molar-refractivity contribution in [2.24, 2.45) is 5.41 Å². The summed E-state index contributed by atoms with van der Waals surface area (Å²) < 4.78 is 15.8. The molecule has 0 radical (unpaired) electrons. The Bertz CT molecular complexity index is 890. The number of nitrogens with one attached hydrogen (secondary N) is 1. The van der Waals surface area contributed by atoms with Crippen LogP contribution in [0.3, 0.4) is 0 Å². The van der Waals surface area contributed by atoms with E-state index in [0.29, 0.717) is 31.2 Å². The highest BCUT2D eigenvalue weighted by molar-refractivity contribution is 6.06. The maximum absolute atomic E-state index is 14.4. The summed E-state index contributed by atoms with van der Waals surface area (Å²) in [5.41, 5.74) is -0.0994. The summed E-state index contributed by atoms with van der Waals surface area (Å²) in [7, 11) is 0. The summed E-state index contributed by atoms with van der Waals surface area (Å²) in [6, 6.07) is 5.90. The topological polar surface area (TPSA) is 87.8 Å². The zero-order valence-electron chi connectivity index (χ0n) is 16.2. The van der Waals surface area contributed by atoms with Crippen LogP contribution in [0, 0.1) is 22.6 Å². The summed E-state index contributed by atoms with van der Waals surface area (Å²) in [6.45, 7) is 7.43. The van der Waals surface area contributed by atoms with Gasteiger partial charge in [-0.25, -0.2) is 4.39 Å². The van der Waals surface area contributed by atoms with Crippen LogP contribution in [0.5, 0.6) is 0 Å². The number of Topliss-reactive ketones (excluding diaryl/α,β-unsaturated/α-hetero) is 1. The number of hydrogen-bond acceptors (Lipinski definition) is 4. The number of carbonyl (C=O) groups excluding carboxylic acids is 2. The first-order valence-corrected chi connectivity index (χ1v) is 9.00. The molecule has 0 saturated heterocycles. The zero-order valence-corrected chi connectivity index (χ0v) is 16.2. The first-order chi connectivity index (χ1) is 12.7. The largest absolute Gasteiger partial charge is 0.340 e. The van der Waals surface area contributed by atoms with Crippen molar-refractivity contribution in [3.8, 4) is 6.07 Å². The molecule has 0 aliphatic heterocycles. The zero-order chi connectivity index (χ0) is 20.2. The van der Waals surface area contributed by atoms with Crippen molar-refractivity contribution >= 4 is 22.6 Å². The number of nitrogens with zero attached hydrogens (tertiary/aromatic N) is 3. The molecule has 1 N–H and O–H groups in total. The average molecular weight is 372 g/mol. The molecule has 1 aromatic heterocycles. The predicted octanol–water partition coefficient (Wildman–Crippen LogP) is 3.60. The van der Waals surface area contributed by atoms with Crippen molar-refractivity contribution in [2.75, 3.05) is 0 Å². The van der Waals surface area contributed by atoms with Crippen molar-refractivity contribution in [1.29, 1.82) is 5.26 Å². The summed E-state index contributed by atoms with van der Waals surface area (Å²) in [5.74, 6) is -1.11. The standard InChI is InChI=1S/C20H25FN4O2/c1-13(26)18(20(2,3)4)23-19(27)16-14-9-8-10-15(21)17(14)25(24-16)12-7-5-6-11-22/h8-10,18H,5-7,12H2,1-4H3,(H,23,27). The van der Waals surface area contributed by atoms with Crippen molar-refractivity contribution in [3.63, 3.8) is 0 Å². The van der Waals surface area contributed by atoms with Crippen molar-refractivity contribution in [3.05, 3.63) is 29.7 Å². The Morgan fingerprint density at radius 3 is 2.63 bits per heavy atom. The van der Waals surface area contributed by atoms with Gasteiger partial charge in [0, 0.05) is 18.4 Å². The van der Waals surface area contributed by atoms with E-state index >= 15 is 0 Å². The van der Waals surface area contributed by atoms with E-state index in [1.807, 2.05) is 20.8 Å². The Balaban J connectivity index is 2.37. The number of unbranched alkanes of at least 4 members (excludes halogenated alkanes) is 2. The van der Waals surface area contributed by atoms with Gasteiger partial charge >= 0.3 is 0 Å². The third kappa shape index (κ3) is 4.70. The number of benzene rings is 1. The fourth-order valence-corrected chi connectivity index (χ4v) is 3.12. The van der Waals surface area contributed by atoms with Gasteiger partial charge in [-0.15, -0.1) is 0 Å². The molecule has 0 saturated carbocycles. The Morgan fingerprint density at radius 2 is 2.04 bits per heavy atom. The van der Waals surface area contributed by atoms with Gasteiger partial charge in [-0.05, 0) is 31.2 Å². The van der Waals surface area contributed by atoms with Gasteiger partial charge in [0.1, 0.15) is 11.3 Å². The second-order valence-electron chi connectivity index (χ2n) is 7.71. The van der Waals surface area contributed by atoms with Crippen LogP contribution in [0.2, 0.25) is 0 Å². The lowest BCUT2D eigenvalue weighted by molar-refractivity contribution is -0.121. The second kappa shape index (κ2) is 8.30. The highest BCUT2D eigenvalue weighted by Crippen LogP contribution is 2.24. The molecule has 0 fully saturated rings. The second-order valence-corrected chi connectivity index (χ2v) is 7.71. The lowest BCUT2D eigenvalue weighted by atomic mass is 9.84. The smallest absolute Gasteiger partial charge is 0.273 e. The molecule has 6 nitrogen and oxygen atoms in total. The Labute approximate surface area is 158 Å². The maximum atomic E-state index is 14.4. The van der Waals surface area contributed by atoms with Crippen LogP contribution in [-0.2, 0) is 11.3 Å². The molecule has 0 bridgehead atoms. The monoisotopic (exact) mass is 372 g/mol. The van der Waals surface area contributed by atoms with Crippen molar-refractivity contribution in [1.82, 2.24) is 15.1 Å². The lowest BCUT2D eigenvalue weighted by Gasteiger charge is -2.29. The van der Waals surface area contributed by atoms with Crippen LogP contribution >= 0.6 is 0 Å². The van der Waals surface area contributed by atoms with Gasteiger partial charge in [0.2, 0.25) is 0 Å². The fourth-order valence-electron chi connectivity index (χ4n) is 3.12. The van der Waals surface area contributed by atoms with Gasteiger partial charge < -0.3 is 5.32 Å². The molecular formula is C20H25FN4O2. The molecule has 1 aromatic carbocycles. The number of aromatic nitrogens is 2. The average Bonchev–Trinajstić information content (AvgIpc) is 2.95. The molecule has 1 heterocycles. The quantitative estimate of drug-likeness (QED) is 0.752. The minimum Gasteiger partial charge on any atom is -0.340 e. The van der Waals surface area contributed by atoms with Crippen LogP contribution in [0.15, 0.2) is 18.2 Å². The van der Waals surface area contributed by atoms with E-state index in [2.05, 4.69) is 16.5 Å². The van der Waals surface area contributed by atoms with Gasteiger partial charge in [-0.3, -0.25) is 14.3 Å². The third-order valence-electron chi connectivity index (χ3n) is 4.39. The molecule has 7 heteroatoms. The molecule has 2 aromatic rings. The van der Waals surface area contributed by atoms with E-state index in [9.17, 15) is 14.0 Å². The molecule has 1 amide bonds. The minimum atomic E-state index is -0.672. The molecule has 27 heavy (non-hydrogen) atoms. The summed E-state index contributed by atoms with van der Waals surface area (Å²) >= 11 is 0. The number of halogens is 1. The third-order valence-corrected chi connectivity index (χ3v) is 4.39. The molecule has 0 spiro atoms. The number of carbonyl (C=O) groups is 2. The number of fused-ring (bicyclic) bond motifs is 1. The minimum absolute atomic E-state index is 0.0975. The predicted molar refractivity (Wildman–Crippen MR) is 101 cm³/mol. The van der Waals surface area contributed by atoms with Crippen LogP contribution in [-0.4, -0.2) is 27.5 Å². The van der Waals surface area contributed by atoms with Gasteiger partial charge in [-0.1, -0.05) is 32.9 Å². The summed E-state index contributed by atoms with van der Waals surface area (Å²) in [4.78, 5) is 24.8. The maximum Gasteiger partial charge on any atom is 0.273 e. The van der Waals surface area contributed by atoms with Crippen LogP contribution in [0.1, 0.15) is 57.4 Å². The number of rotatable bonds is 7. The van der Waals surface area contributed by atoms with Gasteiger partial charge in [0.05, 0.1) is 12.1 Å². The first kappa shape index (κ1) is 20.6. The normalized spacial score (nSPS) is 12.6. The number of ketones is 1. The van der Waals surface area contributed by atoms with Crippen LogP contribution in [0.4, 0.5) is 4.39 Å². The Hall–Kier alpha value is -2.75. The number of nitriles is 1. The van der Waals surface area contributed by atoms with E-state index in [-0.39, 0.29) is 17.0 Å². The van der Waals surface area contributed by atoms with E-state index in [4.69, 9.17) is 5.26 Å². The number of hydrogen-bond donors (Lipinski definition) is 1. The molecule has 1 unspecified atom stereocenters. The summed E-state index contributed by atoms with van der Waals surface area (Å²) in [6.07, 6.45) is 1.74. The van der Waals surface area contributed by atoms with Crippen molar-refractivity contribution < 1.29 is 14.0 Å². The van der Waals surface area contributed by atoms with E-state index < -0.39 is 23.2 Å². The van der Waals surface area contributed by atoms with Crippen LogP contribution in [0.25, 0.3) is 10.9 Å². The lowest BCUT2D eigenvalue weighted by Crippen LogP contribution is -2.48. The van der Waals surface area contributed by atoms with Gasteiger partial charge in [0.15, 0.2) is 11.5 Å². The van der Waals surface area contributed by atoms with Gasteiger partial charge in [0.25, 0.3) is 5.91 Å². The fraction of sp³-hybridized carbons (Fsp3) is 0.500. The van der Waals surface area contributed by atoms with E-state index in [1.165, 1.54) is 23.7 Å². The Kier molecular flexibility index (Phi) is 6.32. The van der Waals surface area contributed by atoms with E-state index in [1.54, 1.807) is 6.07 Å². The molecule has 0 aliphatic carbocycles.